The van der Waals surface area contributed by atoms with Crippen molar-refractivity contribution in [3.8, 4) is 11.5 Å². The van der Waals surface area contributed by atoms with E-state index in [0.717, 1.165) is 35.2 Å². The molecule has 2 N–H and O–H groups in total. The third-order valence-corrected chi connectivity index (χ3v) is 3.01. The molecule has 2 rings (SSSR count). The van der Waals surface area contributed by atoms with Crippen molar-refractivity contribution in [2.24, 2.45) is 5.73 Å². The Balaban J connectivity index is 2.43. The molecule has 0 radical (unpaired) electrons. The largest absolute Gasteiger partial charge is 0.460 e. The molecule has 0 aliphatic rings. The van der Waals surface area contributed by atoms with Crippen molar-refractivity contribution in [2.45, 2.75) is 33.1 Å². The minimum atomic E-state index is 0.208. The van der Waals surface area contributed by atoms with Crippen LogP contribution in [0.4, 0.5) is 0 Å². The second-order valence-corrected chi connectivity index (χ2v) is 4.50. The number of aryl methyl sites for hydroxylation is 2. The van der Waals surface area contributed by atoms with Crippen LogP contribution in [0.1, 0.15) is 36.5 Å². The minimum Gasteiger partial charge on any atom is -0.460 e. The van der Waals surface area contributed by atoms with E-state index in [0.29, 0.717) is 6.54 Å². The van der Waals surface area contributed by atoms with Crippen molar-refractivity contribution in [3.63, 3.8) is 0 Å². The van der Waals surface area contributed by atoms with Crippen LogP contribution in [-0.4, -0.2) is 16.5 Å². The summed E-state index contributed by atoms with van der Waals surface area (Å²) in [5.74, 6) is 2.68. The molecule has 96 valence electrons. The first-order valence-corrected chi connectivity index (χ1v) is 6.26. The average molecular weight is 245 g/mol. The molecule has 2 heterocycles. The number of furan rings is 1. The second-order valence-electron chi connectivity index (χ2n) is 4.50. The highest BCUT2D eigenvalue weighted by atomic mass is 16.3. The lowest BCUT2D eigenvalue weighted by Gasteiger charge is -2.12. The van der Waals surface area contributed by atoms with Gasteiger partial charge in [0.25, 0.3) is 0 Å². The lowest BCUT2D eigenvalue weighted by Crippen LogP contribution is -2.15. The Labute approximate surface area is 107 Å². The summed E-state index contributed by atoms with van der Waals surface area (Å²) < 4.78 is 5.61. The van der Waals surface area contributed by atoms with E-state index in [9.17, 15) is 0 Å². The molecule has 0 saturated carbocycles. The summed E-state index contributed by atoms with van der Waals surface area (Å²) in [4.78, 5) is 9.05. The molecule has 0 bridgehead atoms. The van der Waals surface area contributed by atoms with E-state index in [2.05, 4.69) is 16.9 Å². The molecule has 1 unspecified atom stereocenters. The molecule has 2 aromatic rings. The quantitative estimate of drug-likeness (QED) is 0.899. The Kier molecular flexibility index (Phi) is 3.77. The third-order valence-electron chi connectivity index (χ3n) is 3.01. The van der Waals surface area contributed by atoms with E-state index < -0.39 is 0 Å². The van der Waals surface area contributed by atoms with Crippen molar-refractivity contribution in [3.05, 3.63) is 35.5 Å². The van der Waals surface area contributed by atoms with Crippen molar-refractivity contribution in [1.82, 2.24) is 9.97 Å². The van der Waals surface area contributed by atoms with Gasteiger partial charge in [0.1, 0.15) is 17.3 Å². The topological polar surface area (TPSA) is 64.9 Å². The van der Waals surface area contributed by atoms with Crippen LogP contribution in [0.3, 0.4) is 0 Å². The van der Waals surface area contributed by atoms with Crippen LogP contribution < -0.4 is 5.73 Å². The van der Waals surface area contributed by atoms with Crippen LogP contribution in [0.15, 0.2) is 22.6 Å². The molecule has 4 nitrogen and oxygen atoms in total. The summed E-state index contributed by atoms with van der Waals surface area (Å²) in [5, 5.41) is 0. The number of aromatic nitrogens is 2. The number of rotatable bonds is 4. The first kappa shape index (κ1) is 12.8. The van der Waals surface area contributed by atoms with E-state index in [1.807, 2.05) is 32.0 Å². The highest BCUT2D eigenvalue weighted by Crippen LogP contribution is 2.23. The van der Waals surface area contributed by atoms with Gasteiger partial charge in [-0.1, -0.05) is 6.92 Å². The molecule has 0 saturated heterocycles. The summed E-state index contributed by atoms with van der Waals surface area (Å²) >= 11 is 0. The van der Waals surface area contributed by atoms with Gasteiger partial charge in [0, 0.05) is 18.2 Å². The molecule has 4 heteroatoms. The summed E-state index contributed by atoms with van der Waals surface area (Å²) in [5.41, 5.74) is 7.53. The average Bonchev–Trinajstić information content (AvgIpc) is 2.77. The van der Waals surface area contributed by atoms with Gasteiger partial charge in [0.2, 0.25) is 0 Å². The zero-order valence-electron chi connectivity index (χ0n) is 11.1. The molecule has 0 spiro atoms. The van der Waals surface area contributed by atoms with Crippen LogP contribution in [0, 0.1) is 13.8 Å². The Bertz CT molecular complexity index is 530. The maximum absolute atomic E-state index is 5.75. The fourth-order valence-corrected chi connectivity index (χ4v) is 1.93. The van der Waals surface area contributed by atoms with E-state index >= 15 is 0 Å². The van der Waals surface area contributed by atoms with Gasteiger partial charge in [-0.3, -0.25) is 0 Å². The van der Waals surface area contributed by atoms with Crippen molar-refractivity contribution in [2.75, 3.05) is 6.54 Å². The summed E-state index contributed by atoms with van der Waals surface area (Å²) in [6, 6.07) is 5.81. The number of hydrogen-bond donors (Lipinski definition) is 1. The zero-order valence-corrected chi connectivity index (χ0v) is 11.1. The van der Waals surface area contributed by atoms with Gasteiger partial charge in [-0.2, -0.15) is 0 Å². The van der Waals surface area contributed by atoms with Gasteiger partial charge < -0.3 is 10.2 Å². The van der Waals surface area contributed by atoms with Crippen molar-refractivity contribution >= 4 is 0 Å². The highest BCUT2D eigenvalue weighted by Gasteiger charge is 2.14. The Hall–Kier alpha value is -1.68. The second kappa shape index (κ2) is 5.31. The highest BCUT2D eigenvalue weighted by molar-refractivity contribution is 5.52. The lowest BCUT2D eigenvalue weighted by atomic mass is 10.1. The van der Waals surface area contributed by atoms with Crippen LogP contribution in [-0.2, 0) is 0 Å². The maximum atomic E-state index is 5.75. The van der Waals surface area contributed by atoms with Gasteiger partial charge in [-0.05, 0) is 38.5 Å². The fraction of sp³-hybridized carbons (Fsp3) is 0.429. The molecular weight excluding hydrogens is 226 g/mol. The molecule has 0 aliphatic carbocycles. The van der Waals surface area contributed by atoms with E-state index in [1.165, 1.54) is 0 Å². The number of nitrogens with zero attached hydrogens (tertiary/aromatic N) is 2. The van der Waals surface area contributed by atoms with E-state index in [1.54, 1.807) is 0 Å². The van der Waals surface area contributed by atoms with E-state index in [-0.39, 0.29) is 5.92 Å². The Morgan fingerprint density at radius 1 is 1.28 bits per heavy atom. The molecule has 0 fully saturated rings. The monoisotopic (exact) mass is 245 g/mol. The van der Waals surface area contributed by atoms with Gasteiger partial charge in [0.15, 0.2) is 5.76 Å². The molecule has 18 heavy (non-hydrogen) atoms. The summed E-state index contributed by atoms with van der Waals surface area (Å²) in [7, 11) is 0. The van der Waals surface area contributed by atoms with Crippen LogP contribution in [0.25, 0.3) is 11.5 Å². The molecule has 0 amide bonds. The van der Waals surface area contributed by atoms with Gasteiger partial charge in [-0.25, -0.2) is 9.97 Å². The first-order chi connectivity index (χ1) is 8.63. The molecule has 0 aromatic carbocycles. The minimum absolute atomic E-state index is 0.208. The van der Waals surface area contributed by atoms with Crippen LogP contribution in [0.5, 0.6) is 0 Å². The van der Waals surface area contributed by atoms with Gasteiger partial charge in [0.05, 0.1) is 0 Å². The standard InChI is InChI=1S/C14H19N3O/c1-4-11(8-15)14-16-9(2)7-12(17-14)13-6-5-10(3)18-13/h5-7,11H,4,8,15H2,1-3H3. The lowest BCUT2D eigenvalue weighted by molar-refractivity contribution is 0.544. The summed E-state index contributed by atoms with van der Waals surface area (Å²) in [6.45, 7) is 6.55. The number of nitrogens with two attached hydrogens (primary N) is 1. The molecule has 1 atom stereocenters. The third kappa shape index (κ3) is 2.59. The van der Waals surface area contributed by atoms with Crippen molar-refractivity contribution < 1.29 is 4.42 Å². The SMILES string of the molecule is CCC(CN)c1nc(C)cc(-c2ccc(C)o2)n1. The molecule has 2 aromatic heterocycles. The zero-order chi connectivity index (χ0) is 13.1. The normalized spacial score (nSPS) is 12.7. The predicted octanol–water partition coefficient (Wildman–Crippen LogP) is 2.81. The predicted molar refractivity (Wildman–Crippen MR) is 71.3 cm³/mol. The van der Waals surface area contributed by atoms with Gasteiger partial charge in [-0.15, -0.1) is 0 Å². The Morgan fingerprint density at radius 3 is 2.61 bits per heavy atom. The summed E-state index contributed by atoms with van der Waals surface area (Å²) in [6.07, 6.45) is 0.941. The van der Waals surface area contributed by atoms with Crippen LogP contribution in [0.2, 0.25) is 0 Å². The van der Waals surface area contributed by atoms with Gasteiger partial charge >= 0.3 is 0 Å². The van der Waals surface area contributed by atoms with Crippen molar-refractivity contribution in [1.29, 1.82) is 0 Å². The maximum Gasteiger partial charge on any atom is 0.152 e. The molecule has 0 aliphatic heterocycles. The number of hydrogen-bond acceptors (Lipinski definition) is 4. The van der Waals surface area contributed by atoms with E-state index in [4.69, 9.17) is 10.2 Å². The first-order valence-electron chi connectivity index (χ1n) is 6.26. The Morgan fingerprint density at radius 2 is 2.06 bits per heavy atom. The van der Waals surface area contributed by atoms with Crippen LogP contribution >= 0.6 is 0 Å². The molecular formula is C14H19N3O. The smallest absolute Gasteiger partial charge is 0.152 e. The fourth-order valence-electron chi connectivity index (χ4n) is 1.93.